The molecule has 5 heteroatoms. The molecule has 0 saturated carbocycles. The summed E-state index contributed by atoms with van der Waals surface area (Å²) in [6.07, 6.45) is 1.67. The zero-order valence-corrected chi connectivity index (χ0v) is 14.8. The molecule has 4 rings (SSSR count). The lowest BCUT2D eigenvalue weighted by atomic mass is 9.98. The Kier molecular flexibility index (Phi) is 5.09. The molecule has 26 heavy (non-hydrogen) atoms. The minimum absolute atomic E-state index is 0.0936. The van der Waals surface area contributed by atoms with Crippen LogP contribution in [0.5, 0.6) is 0 Å². The van der Waals surface area contributed by atoms with Crippen molar-refractivity contribution < 1.29 is 4.52 Å². The van der Waals surface area contributed by atoms with Gasteiger partial charge in [0.1, 0.15) is 0 Å². The van der Waals surface area contributed by atoms with Crippen molar-refractivity contribution in [2.75, 3.05) is 19.6 Å². The third-order valence-electron chi connectivity index (χ3n) is 4.98. The van der Waals surface area contributed by atoms with Gasteiger partial charge in [0.15, 0.2) is 5.82 Å². The SMILES string of the molecule is N[C@@H](CCN1CC(c2nc(Cc3ccccc3)no2)C1)c1ccccc1. The van der Waals surface area contributed by atoms with Crippen LogP contribution in [-0.4, -0.2) is 34.7 Å². The third kappa shape index (κ3) is 4.00. The molecular formula is C21H24N4O. The molecule has 2 aromatic carbocycles. The van der Waals surface area contributed by atoms with Gasteiger partial charge in [-0.2, -0.15) is 4.98 Å². The monoisotopic (exact) mass is 348 g/mol. The van der Waals surface area contributed by atoms with Gasteiger partial charge in [-0.25, -0.2) is 0 Å². The topological polar surface area (TPSA) is 68.2 Å². The molecule has 2 N–H and O–H groups in total. The van der Waals surface area contributed by atoms with Crippen LogP contribution < -0.4 is 5.73 Å². The van der Waals surface area contributed by atoms with Crippen LogP contribution in [0.25, 0.3) is 0 Å². The van der Waals surface area contributed by atoms with Crippen LogP contribution in [0.1, 0.15) is 41.2 Å². The van der Waals surface area contributed by atoms with Crippen LogP contribution in [0, 0.1) is 0 Å². The Morgan fingerprint density at radius 2 is 1.73 bits per heavy atom. The van der Waals surface area contributed by atoms with Crippen molar-refractivity contribution in [1.29, 1.82) is 0 Å². The number of likely N-dealkylation sites (tertiary alicyclic amines) is 1. The molecule has 1 aliphatic rings. The van der Waals surface area contributed by atoms with E-state index in [4.69, 9.17) is 10.3 Å². The molecule has 0 aliphatic carbocycles. The van der Waals surface area contributed by atoms with Gasteiger partial charge in [0.05, 0.1) is 5.92 Å². The second-order valence-corrected chi connectivity index (χ2v) is 6.97. The molecule has 134 valence electrons. The van der Waals surface area contributed by atoms with Crippen LogP contribution >= 0.6 is 0 Å². The van der Waals surface area contributed by atoms with Gasteiger partial charge in [0.2, 0.25) is 5.89 Å². The molecule has 0 bridgehead atoms. The minimum atomic E-state index is 0.0936. The number of nitrogens with two attached hydrogens (primary N) is 1. The van der Waals surface area contributed by atoms with Gasteiger partial charge in [-0.1, -0.05) is 65.8 Å². The molecule has 0 unspecified atom stereocenters. The van der Waals surface area contributed by atoms with E-state index in [1.807, 2.05) is 36.4 Å². The van der Waals surface area contributed by atoms with Crippen LogP contribution in [0.4, 0.5) is 0 Å². The summed E-state index contributed by atoms with van der Waals surface area (Å²) in [6, 6.07) is 20.6. The van der Waals surface area contributed by atoms with E-state index in [0.717, 1.165) is 37.8 Å². The molecule has 0 radical (unpaired) electrons. The summed E-state index contributed by atoms with van der Waals surface area (Å²) in [4.78, 5) is 6.97. The van der Waals surface area contributed by atoms with Gasteiger partial charge >= 0.3 is 0 Å². The van der Waals surface area contributed by atoms with Crippen molar-refractivity contribution in [2.24, 2.45) is 5.73 Å². The molecular weight excluding hydrogens is 324 g/mol. The standard InChI is InChI=1S/C21H24N4O/c22-19(17-9-5-2-6-10-17)11-12-25-14-18(15-25)21-23-20(24-26-21)13-16-7-3-1-4-8-16/h1-10,18-19H,11-15,22H2/t19-/m0/s1. The second-order valence-electron chi connectivity index (χ2n) is 6.97. The number of benzene rings is 2. The van der Waals surface area contributed by atoms with E-state index >= 15 is 0 Å². The first-order valence-electron chi connectivity index (χ1n) is 9.17. The van der Waals surface area contributed by atoms with Gasteiger partial charge in [-0.15, -0.1) is 0 Å². The first-order valence-corrected chi connectivity index (χ1v) is 9.17. The Morgan fingerprint density at radius 1 is 1.04 bits per heavy atom. The Morgan fingerprint density at radius 3 is 2.46 bits per heavy atom. The zero-order valence-electron chi connectivity index (χ0n) is 14.8. The summed E-state index contributed by atoms with van der Waals surface area (Å²) in [5, 5.41) is 4.13. The van der Waals surface area contributed by atoms with Crippen molar-refractivity contribution in [3.05, 3.63) is 83.5 Å². The predicted octanol–water partition coefficient (Wildman–Crippen LogP) is 3.15. The summed E-state index contributed by atoms with van der Waals surface area (Å²) >= 11 is 0. The largest absolute Gasteiger partial charge is 0.339 e. The van der Waals surface area contributed by atoms with Crippen LogP contribution in [-0.2, 0) is 6.42 Å². The minimum Gasteiger partial charge on any atom is -0.339 e. The number of nitrogens with zero attached hydrogens (tertiary/aromatic N) is 3. The zero-order chi connectivity index (χ0) is 17.8. The average Bonchev–Trinajstić information content (AvgIpc) is 3.10. The van der Waals surface area contributed by atoms with Gasteiger partial charge in [-0.3, -0.25) is 0 Å². The van der Waals surface area contributed by atoms with Crippen molar-refractivity contribution in [3.63, 3.8) is 0 Å². The van der Waals surface area contributed by atoms with E-state index < -0.39 is 0 Å². The van der Waals surface area contributed by atoms with Gasteiger partial charge in [0.25, 0.3) is 0 Å². The smallest absolute Gasteiger partial charge is 0.232 e. The number of rotatable bonds is 7. The van der Waals surface area contributed by atoms with Crippen LogP contribution in [0.15, 0.2) is 65.2 Å². The molecule has 1 aromatic heterocycles. The molecule has 5 nitrogen and oxygen atoms in total. The maximum atomic E-state index is 6.28. The first kappa shape index (κ1) is 16.9. The highest BCUT2D eigenvalue weighted by atomic mass is 16.5. The number of hydrogen-bond donors (Lipinski definition) is 1. The third-order valence-corrected chi connectivity index (χ3v) is 4.98. The lowest BCUT2D eigenvalue weighted by Gasteiger charge is -2.37. The highest BCUT2D eigenvalue weighted by molar-refractivity contribution is 5.19. The van der Waals surface area contributed by atoms with Crippen molar-refractivity contribution in [3.8, 4) is 0 Å². The van der Waals surface area contributed by atoms with Crippen molar-refractivity contribution in [1.82, 2.24) is 15.0 Å². The second kappa shape index (κ2) is 7.81. The fourth-order valence-corrected chi connectivity index (χ4v) is 3.38. The van der Waals surface area contributed by atoms with E-state index in [1.165, 1.54) is 11.1 Å². The normalized spacial score (nSPS) is 16.3. The summed E-state index contributed by atoms with van der Waals surface area (Å²) in [7, 11) is 0. The first-order chi connectivity index (χ1) is 12.8. The van der Waals surface area contributed by atoms with Gasteiger partial charge in [-0.05, 0) is 24.1 Å². The van der Waals surface area contributed by atoms with Gasteiger partial charge < -0.3 is 15.2 Å². The maximum absolute atomic E-state index is 6.28. The molecule has 1 atom stereocenters. The van der Waals surface area contributed by atoms with E-state index in [2.05, 4.69) is 39.3 Å². The molecule has 2 heterocycles. The van der Waals surface area contributed by atoms with E-state index in [0.29, 0.717) is 12.3 Å². The number of aromatic nitrogens is 2. The lowest BCUT2D eigenvalue weighted by Crippen LogP contribution is -2.46. The Balaban J connectivity index is 1.24. The highest BCUT2D eigenvalue weighted by Crippen LogP contribution is 2.27. The highest BCUT2D eigenvalue weighted by Gasteiger charge is 2.32. The lowest BCUT2D eigenvalue weighted by molar-refractivity contribution is 0.121. The number of hydrogen-bond acceptors (Lipinski definition) is 5. The van der Waals surface area contributed by atoms with Crippen LogP contribution in [0.3, 0.4) is 0 Å². The van der Waals surface area contributed by atoms with Crippen molar-refractivity contribution in [2.45, 2.75) is 24.8 Å². The quantitative estimate of drug-likeness (QED) is 0.710. The van der Waals surface area contributed by atoms with E-state index in [9.17, 15) is 0 Å². The maximum Gasteiger partial charge on any atom is 0.232 e. The Labute approximate surface area is 153 Å². The van der Waals surface area contributed by atoms with E-state index in [-0.39, 0.29) is 6.04 Å². The van der Waals surface area contributed by atoms with Crippen molar-refractivity contribution >= 4 is 0 Å². The molecule has 1 saturated heterocycles. The summed E-state index contributed by atoms with van der Waals surface area (Å²) in [5.41, 5.74) is 8.68. The van der Waals surface area contributed by atoms with E-state index in [1.54, 1.807) is 0 Å². The molecule has 0 amide bonds. The molecule has 1 fully saturated rings. The Bertz CT molecular complexity index is 812. The summed E-state index contributed by atoms with van der Waals surface area (Å²) in [5.74, 6) is 1.87. The molecule has 1 aliphatic heterocycles. The summed E-state index contributed by atoms with van der Waals surface area (Å²) in [6.45, 7) is 2.93. The molecule has 0 spiro atoms. The molecule has 3 aromatic rings. The predicted molar refractivity (Wildman–Crippen MR) is 101 cm³/mol. The summed E-state index contributed by atoms with van der Waals surface area (Å²) < 4.78 is 5.47. The fourth-order valence-electron chi connectivity index (χ4n) is 3.38. The average molecular weight is 348 g/mol. The Hall–Kier alpha value is -2.50. The fraction of sp³-hybridized carbons (Fsp3) is 0.333. The van der Waals surface area contributed by atoms with Gasteiger partial charge in [0, 0.05) is 25.6 Å². The van der Waals surface area contributed by atoms with Crippen LogP contribution in [0.2, 0.25) is 0 Å².